The fourth-order valence-corrected chi connectivity index (χ4v) is 5.32. The molecule has 0 heterocycles. The van der Waals surface area contributed by atoms with Crippen LogP contribution < -0.4 is 5.32 Å². The maximum atomic E-state index is 12.4. The first kappa shape index (κ1) is 38.6. The number of carbonyl (C=O) groups is 1. The summed E-state index contributed by atoms with van der Waals surface area (Å²) in [5, 5.41) is 13.1. The van der Waals surface area contributed by atoms with Gasteiger partial charge in [0.05, 0.1) is 17.9 Å². The van der Waals surface area contributed by atoms with E-state index in [9.17, 15) is 22.9 Å². The Balaban J connectivity index is 4.13. The predicted molar refractivity (Wildman–Crippen MR) is 170 cm³/mol. The first-order valence-corrected chi connectivity index (χ1v) is 17.8. The average molecular weight is 584 g/mol. The Bertz CT molecular complexity index is 776. The number of hydrogen-bond donors (Lipinski definition) is 3. The topological polar surface area (TPSA) is 104 Å². The third-order valence-electron chi connectivity index (χ3n) is 7.05. The van der Waals surface area contributed by atoms with Crippen LogP contribution in [0.5, 0.6) is 0 Å². The van der Waals surface area contributed by atoms with E-state index in [4.69, 9.17) is 0 Å². The molecule has 234 valence electrons. The molecule has 0 fully saturated rings. The van der Waals surface area contributed by atoms with E-state index in [0.717, 1.165) is 44.9 Å². The molecule has 40 heavy (non-hydrogen) atoms. The monoisotopic (exact) mass is 583 g/mol. The third kappa shape index (κ3) is 28.1. The van der Waals surface area contributed by atoms with Crippen LogP contribution in [-0.2, 0) is 14.9 Å². The Morgan fingerprint density at radius 1 is 0.650 bits per heavy atom. The van der Waals surface area contributed by atoms with Crippen molar-refractivity contribution in [2.75, 3.05) is 5.75 Å². The molecule has 6 nitrogen and oxygen atoms in total. The van der Waals surface area contributed by atoms with Crippen molar-refractivity contribution in [3.8, 4) is 0 Å². The molecule has 1 amide bonds. The van der Waals surface area contributed by atoms with Crippen LogP contribution in [-0.4, -0.2) is 41.9 Å². The number of carbonyl (C=O) groups excluding carboxylic acids is 1. The number of nitrogens with one attached hydrogen (secondary N) is 1. The lowest BCUT2D eigenvalue weighted by atomic mass is 10.0. The molecule has 2 unspecified atom stereocenters. The maximum Gasteiger partial charge on any atom is 0.267 e. The number of amides is 1. The SMILES string of the molecule is CCCC/C=C/CC/C=C/CC/C=C/C(O)C(CS(=O)(=O)O)NC(=O)CCCCCCCCCCCCCCC. The summed E-state index contributed by atoms with van der Waals surface area (Å²) in [5.74, 6) is -1.01. The van der Waals surface area contributed by atoms with Gasteiger partial charge in [-0.3, -0.25) is 9.35 Å². The highest BCUT2D eigenvalue weighted by molar-refractivity contribution is 7.85. The van der Waals surface area contributed by atoms with Crippen molar-refractivity contribution in [2.45, 2.75) is 161 Å². The van der Waals surface area contributed by atoms with Crippen LogP contribution in [0.15, 0.2) is 36.5 Å². The van der Waals surface area contributed by atoms with Crippen LogP contribution >= 0.6 is 0 Å². The Kier molecular flexibility index (Phi) is 26.7. The molecule has 3 N–H and O–H groups in total. The van der Waals surface area contributed by atoms with Gasteiger partial charge in [-0.15, -0.1) is 0 Å². The Morgan fingerprint density at radius 2 is 1.07 bits per heavy atom. The molecule has 0 rings (SSSR count). The largest absolute Gasteiger partial charge is 0.387 e. The lowest BCUT2D eigenvalue weighted by Crippen LogP contribution is -2.46. The van der Waals surface area contributed by atoms with E-state index in [1.807, 2.05) is 0 Å². The molecule has 0 aromatic carbocycles. The van der Waals surface area contributed by atoms with E-state index in [1.54, 1.807) is 6.08 Å². The summed E-state index contributed by atoms with van der Waals surface area (Å²) in [6, 6.07) is -1.07. The summed E-state index contributed by atoms with van der Waals surface area (Å²) in [7, 11) is -4.34. The average Bonchev–Trinajstić information content (AvgIpc) is 2.90. The molecule has 0 radical (unpaired) electrons. The first-order valence-electron chi connectivity index (χ1n) is 16.2. The molecule has 0 bridgehead atoms. The van der Waals surface area contributed by atoms with E-state index >= 15 is 0 Å². The number of unbranched alkanes of at least 4 members (excludes halogenated alkanes) is 16. The normalized spacial score (nSPS) is 14.0. The van der Waals surface area contributed by atoms with Crippen LogP contribution in [0, 0.1) is 0 Å². The quantitative estimate of drug-likeness (QED) is 0.0486. The minimum atomic E-state index is -4.34. The van der Waals surface area contributed by atoms with Gasteiger partial charge in [0.25, 0.3) is 10.1 Å². The van der Waals surface area contributed by atoms with Gasteiger partial charge in [0.2, 0.25) is 5.91 Å². The standard InChI is InChI=1S/C33H61NO5S/c1-3-5-7-9-11-13-15-17-19-21-23-25-27-29-33(36)34-31(30-40(37,38)39)32(35)28-26-24-22-20-18-16-14-12-10-8-6-4-2/h10,12,18,20,26,28,31-32,35H,3-9,11,13-17,19,21-25,27,29-30H2,1-2H3,(H,34,36)(H,37,38,39)/b12-10+,20-18+,28-26+. The highest BCUT2D eigenvalue weighted by Gasteiger charge is 2.24. The second kappa shape index (κ2) is 27.7. The van der Waals surface area contributed by atoms with Crippen LogP contribution in [0.25, 0.3) is 0 Å². The van der Waals surface area contributed by atoms with Gasteiger partial charge >= 0.3 is 0 Å². The Labute approximate surface area is 246 Å². The second-order valence-corrected chi connectivity index (χ2v) is 12.6. The fraction of sp³-hybridized carbons (Fsp3) is 0.788. The van der Waals surface area contributed by atoms with Crippen molar-refractivity contribution in [1.82, 2.24) is 5.32 Å². The lowest BCUT2D eigenvalue weighted by molar-refractivity contribution is -0.122. The lowest BCUT2D eigenvalue weighted by Gasteiger charge is -2.21. The zero-order valence-electron chi connectivity index (χ0n) is 25.7. The molecule has 0 saturated carbocycles. The van der Waals surface area contributed by atoms with Gasteiger partial charge in [-0.1, -0.05) is 140 Å². The van der Waals surface area contributed by atoms with Crippen LogP contribution in [0.2, 0.25) is 0 Å². The number of hydrogen-bond acceptors (Lipinski definition) is 4. The molecular formula is C33H61NO5S. The van der Waals surface area contributed by atoms with Gasteiger partial charge in [0.15, 0.2) is 0 Å². The maximum absolute atomic E-state index is 12.4. The fourth-order valence-electron chi connectivity index (χ4n) is 4.58. The molecule has 2 atom stereocenters. The van der Waals surface area contributed by atoms with E-state index < -0.39 is 28.0 Å². The van der Waals surface area contributed by atoms with Crippen molar-refractivity contribution < 1.29 is 22.9 Å². The Hall–Kier alpha value is -1.44. The van der Waals surface area contributed by atoms with Crippen LogP contribution in [0.3, 0.4) is 0 Å². The van der Waals surface area contributed by atoms with Crippen molar-refractivity contribution in [2.24, 2.45) is 0 Å². The van der Waals surface area contributed by atoms with Crippen molar-refractivity contribution in [3.05, 3.63) is 36.5 Å². The van der Waals surface area contributed by atoms with Crippen LogP contribution in [0.4, 0.5) is 0 Å². The number of allylic oxidation sites excluding steroid dienone is 5. The van der Waals surface area contributed by atoms with Gasteiger partial charge in [-0.25, -0.2) is 0 Å². The van der Waals surface area contributed by atoms with Gasteiger partial charge in [0.1, 0.15) is 0 Å². The first-order chi connectivity index (χ1) is 19.3. The molecule has 0 spiro atoms. The molecule has 0 aliphatic rings. The molecular weight excluding hydrogens is 522 g/mol. The smallest absolute Gasteiger partial charge is 0.267 e. The minimum Gasteiger partial charge on any atom is -0.387 e. The highest BCUT2D eigenvalue weighted by atomic mass is 32.2. The van der Waals surface area contributed by atoms with Crippen molar-refractivity contribution in [1.29, 1.82) is 0 Å². The molecule has 7 heteroatoms. The number of rotatable bonds is 28. The van der Waals surface area contributed by atoms with Gasteiger partial charge < -0.3 is 10.4 Å². The van der Waals surface area contributed by atoms with Gasteiger partial charge in [-0.05, 0) is 38.5 Å². The molecule has 0 aliphatic carbocycles. The van der Waals surface area contributed by atoms with E-state index in [0.29, 0.717) is 6.42 Å². The molecule has 0 aromatic rings. The number of aliphatic hydroxyl groups is 1. The zero-order valence-corrected chi connectivity index (χ0v) is 26.5. The van der Waals surface area contributed by atoms with E-state index in [-0.39, 0.29) is 12.3 Å². The minimum absolute atomic E-state index is 0.286. The molecule has 0 aliphatic heterocycles. The summed E-state index contributed by atoms with van der Waals surface area (Å²) in [6.07, 6.45) is 34.1. The summed E-state index contributed by atoms with van der Waals surface area (Å²) in [5.41, 5.74) is 0. The molecule has 0 saturated heterocycles. The summed E-state index contributed by atoms with van der Waals surface area (Å²) >= 11 is 0. The van der Waals surface area contributed by atoms with Crippen molar-refractivity contribution >= 4 is 16.0 Å². The Morgan fingerprint density at radius 3 is 1.55 bits per heavy atom. The van der Waals surface area contributed by atoms with Gasteiger partial charge in [0, 0.05) is 6.42 Å². The summed E-state index contributed by atoms with van der Waals surface area (Å²) in [4.78, 5) is 12.4. The summed E-state index contributed by atoms with van der Waals surface area (Å²) < 4.78 is 32.2. The summed E-state index contributed by atoms with van der Waals surface area (Å²) in [6.45, 7) is 4.43. The second-order valence-electron chi connectivity index (χ2n) is 11.1. The van der Waals surface area contributed by atoms with E-state index in [1.165, 1.54) is 83.1 Å². The van der Waals surface area contributed by atoms with E-state index in [2.05, 4.69) is 43.5 Å². The van der Waals surface area contributed by atoms with Crippen molar-refractivity contribution in [3.63, 3.8) is 0 Å². The predicted octanol–water partition coefficient (Wildman–Crippen LogP) is 8.62. The zero-order chi connectivity index (χ0) is 29.7. The number of aliphatic hydroxyl groups excluding tert-OH is 1. The highest BCUT2D eigenvalue weighted by Crippen LogP contribution is 2.13. The van der Waals surface area contributed by atoms with Gasteiger partial charge in [-0.2, -0.15) is 8.42 Å². The third-order valence-corrected chi connectivity index (χ3v) is 7.83. The van der Waals surface area contributed by atoms with Crippen LogP contribution in [0.1, 0.15) is 149 Å². The molecule has 0 aromatic heterocycles.